The SMILES string of the molecule is Cc1ccc(OCC(C)NCC2CCOCC2)cc1. The summed E-state index contributed by atoms with van der Waals surface area (Å²) in [6, 6.07) is 8.59. The number of rotatable bonds is 6. The third-order valence-electron chi connectivity index (χ3n) is 3.62. The van der Waals surface area contributed by atoms with E-state index in [2.05, 4.69) is 31.3 Å². The second kappa shape index (κ2) is 7.51. The maximum atomic E-state index is 5.78. The van der Waals surface area contributed by atoms with Crippen molar-refractivity contribution in [1.82, 2.24) is 5.32 Å². The largest absolute Gasteiger partial charge is 0.492 e. The van der Waals surface area contributed by atoms with Gasteiger partial charge in [-0.15, -0.1) is 0 Å². The molecule has 1 aromatic rings. The van der Waals surface area contributed by atoms with Crippen LogP contribution >= 0.6 is 0 Å². The van der Waals surface area contributed by atoms with E-state index in [0.717, 1.165) is 31.4 Å². The highest BCUT2D eigenvalue weighted by atomic mass is 16.5. The topological polar surface area (TPSA) is 30.5 Å². The first-order chi connectivity index (χ1) is 9.24. The summed E-state index contributed by atoms with van der Waals surface area (Å²) in [4.78, 5) is 0. The molecule has 1 unspecified atom stereocenters. The Kier molecular flexibility index (Phi) is 5.67. The molecule has 19 heavy (non-hydrogen) atoms. The van der Waals surface area contributed by atoms with Crippen LogP contribution < -0.4 is 10.1 Å². The fourth-order valence-corrected chi connectivity index (χ4v) is 2.23. The highest BCUT2D eigenvalue weighted by Gasteiger charge is 2.14. The van der Waals surface area contributed by atoms with Gasteiger partial charge in [0.25, 0.3) is 0 Å². The molecule has 1 saturated heterocycles. The summed E-state index contributed by atoms with van der Waals surface area (Å²) >= 11 is 0. The van der Waals surface area contributed by atoms with E-state index in [9.17, 15) is 0 Å². The van der Waals surface area contributed by atoms with Crippen molar-refractivity contribution >= 4 is 0 Å². The van der Waals surface area contributed by atoms with Gasteiger partial charge in [-0.1, -0.05) is 17.7 Å². The van der Waals surface area contributed by atoms with Gasteiger partial charge in [-0.3, -0.25) is 0 Å². The lowest BCUT2D eigenvalue weighted by Gasteiger charge is -2.24. The van der Waals surface area contributed by atoms with Crippen LogP contribution in [0.25, 0.3) is 0 Å². The minimum atomic E-state index is 0.379. The molecule has 3 heteroatoms. The van der Waals surface area contributed by atoms with Crippen molar-refractivity contribution in [3.8, 4) is 5.75 Å². The van der Waals surface area contributed by atoms with E-state index in [-0.39, 0.29) is 0 Å². The predicted molar refractivity (Wildman–Crippen MR) is 77.7 cm³/mol. The van der Waals surface area contributed by atoms with Gasteiger partial charge in [0, 0.05) is 19.3 Å². The van der Waals surface area contributed by atoms with Crippen LogP contribution in [0.15, 0.2) is 24.3 Å². The molecule has 1 aliphatic rings. The predicted octanol–water partition coefficient (Wildman–Crippen LogP) is 2.78. The highest BCUT2D eigenvalue weighted by molar-refractivity contribution is 5.26. The van der Waals surface area contributed by atoms with Gasteiger partial charge in [0.05, 0.1) is 0 Å². The molecule has 1 heterocycles. The standard InChI is InChI=1S/C16H25NO2/c1-13-3-5-16(6-4-13)19-12-14(2)17-11-15-7-9-18-10-8-15/h3-6,14-15,17H,7-12H2,1-2H3. The normalized spacial score (nSPS) is 18.2. The lowest BCUT2D eigenvalue weighted by molar-refractivity contribution is 0.0650. The van der Waals surface area contributed by atoms with E-state index in [1.165, 1.54) is 18.4 Å². The molecule has 1 aliphatic heterocycles. The molecule has 0 amide bonds. The molecule has 0 bridgehead atoms. The van der Waals surface area contributed by atoms with Crippen LogP contribution in [0.4, 0.5) is 0 Å². The lowest BCUT2D eigenvalue weighted by atomic mass is 10.0. The van der Waals surface area contributed by atoms with Gasteiger partial charge >= 0.3 is 0 Å². The van der Waals surface area contributed by atoms with E-state index in [0.29, 0.717) is 12.6 Å². The molecular formula is C16H25NO2. The Morgan fingerprint density at radius 1 is 1.26 bits per heavy atom. The third-order valence-corrected chi connectivity index (χ3v) is 3.62. The fourth-order valence-electron chi connectivity index (χ4n) is 2.23. The van der Waals surface area contributed by atoms with Crippen molar-refractivity contribution in [2.75, 3.05) is 26.4 Å². The van der Waals surface area contributed by atoms with Crippen molar-refractivity contribution in [1.29, 1.82) is 0 Å². The maximum Gasteiger partial charge on any atom is 0.119 e. The first-order valence-corrected chi connectivity index (χ1v) is 7.24. The van der Waals surface area contributed by atoms with Crippen molar-refractivity contribution in [3.05, 3.63) is 29.8 Å². The molecule has 0 spiro atoms. The Hall–Kier alpha value is -1.06. The second-order valence-corrected chi connectivity index (χ2v) is 5.49. The van der Waals surface area contributed by atoms with E-state index < -0.39 is 0 Å². The highest BCUT2D eigenvalue weighted by Crippen LogP contribution is 2.14. The van der Waals surface area contributed by atoms with Crippen LogP contribution in [-0.4, -0.2) is 32.4 Å². The summed E-state index contributed by atoms with van der Waals surface area (Å²) in [7, 11) is 0. The zero-order valence-corrected chi connectivity index (χ0v) is 12.0. The first kappa shape index (κ1) is 14.4. The van der Waals surface area contributed by atoms with Gasteiger partial charge < -0.3 is 14.8 Å². The Bertz CT molecular complexity index is 358. The van der Waals surface area contributed by atoms with E-state index in [1.54, 1.807) is 0 Å². The fraction of sp³-hybridized carbons (Fsp3) is 0.625. The summed E-state index contributed by atoms with van der Waals surface area (Å²) < 4.78 is 11.1. The average Bonchev–Trinajstić information content (AvgIpc) is 2.45. The zero-order chi connectivity index (χ0) is 13.5. The smallest absolute Gasteiger partial charge is 0.119 e. The van der Waals surface area contributed by atoms with Crippen LogP contribution in [0.5, 0.6) is 5.75 Å². The molecule has 0 aromatic heterocycles. The molecule has 1 atom stereocenters. The minimum Gasteiger partial charge on any atom is -0.492 e. The van der Waals surface area contributed by atoms with E-state index in [1.807, 2.05) is 12.1 Å². The van der Waals surface area contributed by atoms with Crippen LogP contribution in [0.1, 0.15) is 25.3 Å². The van der Waals surface area contributed by atoms with E-state index >= 15 is 0 Å². The number of benzene rings is 1. The summed E-state index contributed by atoms with van der Waals surface area (Å²) in [5.74, 6) is 1.71. The Morgan fingerprint density at radius 3 is 2.63 bits per heavy atom. The summed E-state index contributed by atoms with van der Waals surface area (Å²) in [6.07, 6.45) is 2.36. The molecule has 0 radical (unpaired) electrons. The summed E-state index contributed by atoms with van der Waals surface area (Å²) in [6.45, 7) is 7.88. The van der Waals surface area contributed by atoms with Gasteiger partial charge in [-0.05, 0) is 51.3 Å². The molecular weight excluding hydrogens is 238 g/mol. The first-order valence-electron chi connectivity index (χ1n) is 7.24. The minimum absolute atomic E-state index is 0.379. The van der Waals surface area contributed by atoms with Gasteiger partial charge in [0.15, 0.2) is 0 Å². The molecule has 1 fully saturated rings. The molecule has 0 saturated carbocycles. The Morgan fingerprint density at radius 2 is 1.95 bits per heavy atom. The zero-order valence-electron chi connectivity index (χ0n) is 12.0. The average molecular weight is 263 g/mol. The Labute approximate surface area is 116 Å². The van der Waals surface area contributed by atoms with Gasteiger partial charge in [0.1, 0.15) is 12.4 Å². The van der Waals surface area contributed by atoms with E-state index in [4.69, 9.17) is 9.47 Å². The second-order valence-electron chi connectivity index (χ2n) is 5.49. The van der Waals surface area contributed by atoms with Crippen molar-refractivity contribution < 1.29 is 9.47 Å². The number of nitrogens with one attached hydrogen (secondary N) is 1. The van der Waals surface area contributed by atoms with Crippen LogP contribution in [0.2, 0.25) is 0 Å². The van der Waals surface area contributed by atoms with Crippen molar-refractivity contribution in [2.45, 2.75) is 32.7 Å². The maximum absolute atomic E-state index is 5.78. The van der Waals surface area contributed by atoms with Gasteiger partial charge in [0.2, 0.25) is 0 Å². The number of hydrogen-bond acceptors (Lipinski definition) is 3. The van der Waals surface area contributed by atoms with Gasteiger partial charge in [-0.25, -0.2) is 0 Å². The van der Waals surface area contributed by atoms with Crippen LogP contribution in [-0.2, 0) is 4.74 Å². The Balaban J connectivity index is 1.63. The van der Waals surface area contributed by atoms with Gasteiger partial charge in [-0.2, -0.15) is 0 Å². The summed E-state index contributed by atoms with van der Waals surface area (Å²) in [5, 5.41) is 3.55. The molecule has 2 rings (SSSR count). The summed E-state index contributed by atoms with van der Waals surface area (Å²) in [5.41, 5.74) is 1.26. The molecule has 1 aromatic carbocycles. The molecule has 0 aliphatic carbocycles. The number of aryl methyl sites for hydroxylation is 1. The van der Waals surface area contributed by atoms with Crippen molar-refractivity contribution in [3.63, 3.8) is 0 Å². The third kappa shape index (κ3) is 5.21. The number of hydrogen-bond donors (Lipinski definition) is 1. The molecule has 106 valence electrons. The lowest BCUT2D eigenvalue weighted by Crippen LogP contribution is -2.37. The quantitative estimate of drug-likeness (QED) is 0.856. The molecule has 1 N–H and O–H groups in total. The monoisotopic (exact) mass is 263 g/mol. The van der Waals surface area contributed by atoms with Crippen LogP contribution in [0.3, 0.4) is 0 Å². The van der Waals surface area contributed by atoms with Crippen LogP contribution in [0, 0.1) is 12.8 Å². The number of ether oxygens (including phenoxy) is 2. The van der Waals surface area contributed by atoms with Crippen molar-refractivity contribution in [2.24, 2.45) is 5.92 Å². The molecule has 3 nitrogen and oxygen atoms in total.